The molecule has 2 amide bonds. The number of morpholine rings is 1. The van der Waals surface area contributed by atoms with Gasteiger partial charge >= 0.3 is 6.03 Å². The zero-order chi connectivity index (χ0) is 15.0. The third-order valence-electron chi connectivity index (χ3n) is 4.39. The Hall–Kier alpha value is -1.56. The second-order valence-electron chi connectivity index (χ2n) is 6.24. The summed E-state index contributed by atoms with van der Waals surface area (Å²) < 4.78 is 7.43. The van der Waals surface area contributed by atoms with E-state index in [9.17, 15) is 4.79 Å². The Morgan fingerprint density at radius 3 is 3.10 bits per heavy atom. The van der Waals surface area contributed by atoms with Gasteiger partial charge < -0.3 is 15.0 Å². The van der Waals surface area contributed by atoms with E-state index in [1.165, 1.54) is 5.56 Å². The first kappa shape index (κ1) is 14.4. The van der Waals surface area contributed by atoms with Gasteiger partial charge in [0.2, 0.25) is 0 Å². The van der Waals surface area contributed by atoms with Gasteiger partial charge in [0.1, 0.15) is 0 Å². The Labute approximate surface area is 125 Å². The molecule has 21 heavy (non-hydrogen) atoms. The third kappa shape index (κ3) is 2.90. The van der Waals surface area contributed by atoms with Crippen LogP contribution in [0.25, 0.3) is 0 Å². The third-order valence-corrected chi connectivity index (χ3v) is 4.39. The number of aromatic nitrogens is 2. The van der Waals surface area contributed by atoms with Crippen LogP contribution >= 0.6 is 0 Å². The van der Waals surface area contributed by atoms with Crippen molar-refractivity contribution in [3.63, 3.8) is 0 Å². The number of hydrogen-bond acceptors (Lipinski definition) is 3. The molecule has 1 fully saturated rings. The number of fused-ring (bicyclic) bond motifs is 1. The summed E-state index contributed by atoms with van der Waals surface area (Å²) in [5.41, 5.74) is 2.29. The summed E-state index contributed by atoms with van der Waals surface area (Å²) in [7, 11) is 1.93. The van der Waals surface area contributed by atoms with Crippen LogP contribution in [-0.4, -0.2) is 46.0 Å². The molecule has 1 N–H and O–H groups in total. The summed E-state index contributed by atoms with van der Waals surface area (Å²) in [4.78, 5) is 14.5. The number of urea groups is 1. The molecule has 3 rings (SSSR count). The molecular weight excluding hydrogens is 268 g/mol. The van der Waals surface area contributed by atoms with Crippen LogP contribution in [0.4, 0.5) is 4.79 Å². The molecule has 1 aromatic rings. The Bertz CT molecular complexity index is 528. The second kappa shape index (κ2) is 5.67. The Morgan fingerprint density at radius 2 is 2.29 bits per heavy atom. The number of nitrogens with one attached hydrogen (secondary N) is 1. The van der Waals surface area contributed by atoms with Crippen molar-refractivity contribution in [3.8, 4) is 0 Å². The maximum Gasteiger partial charge on any atom is 0.318 e. The van der Waals surface area contributed by atoms with Gasteiger partial charge in [-0.05, 0) is 33.1 Å². The molecule has 3 atom stereocenters. The van der Waals surface area contributed by atoms with Crippen molar-refractivity contribution >= 4 is 6.03 Å². The van der Waals surface area contributed by atoms with Crippen molar-refractivity contribution in [1.29, 1.82) is 0 Å². The van der Waals surface area contributed by atoms with E-state index < -0.39 is 0 Å². The molecule has 2 aliphatic rings. The number of nitrogens with zero attached hydrogens (tertiary/aromatic N) is 3. The molecule has 0 spiro atoms. The molecule has 1 saturated heterocycles. The van der Waals surface area contributed by atoms with E-state index in [0.717, 1.165) is 25.0 Å². The van der Waals surface area contributed by atoms with E-state index in [-0.39, 0.29) is 24.2 Å². The highest BCUT2D eigenvalue weighted by atomic mass is 16.5. The molecule has 1 aromatic heterocycles. The smallest absolute Gasteiger partial charge is 0.318 e. The molecule has 1 aliphatic carbocycles. The second-order valence-corrected chi connectivity index (χ2v) is 6.24. The molecule has 0 bridgehead atoms. The highest BCUT2D eigenvalue weighted by Crippen LogP contribution is 2.29. The van der Waals surface area contributed by atoms with Crippen LogP contribution in [0.15, 0.2) is 6.20 Å². The van der Waals surface area contributed by atoms with Gasteiger partial charge in [0.15, 0.2) is 0 Å². The number of hydrogen-bond donors (Lipinski definition) is 1. The predicted octanol–water partition coefficient (Wildman–Crippen LogP) is 1.62. The molecular formula is C15H24N4O2. The lowest BCUT2D eigenvalue weighted by molar-refractivity contribution is -0.0322. The van der Waals surface area contributed by atoms with Crippen molar-refractivity contribution in [2.24, 2.45) is 7.05 Å². The molecule has 0 radical (unpaired) electrons. The molecule has 6 nitrogen and oxygen atoms in total. The lowest BCUT2D eigenvalue weighted by Crippen LogP contribution is -2.54. The van der Waals surface area contributed by atoms with E-state index in [1.54, 1.807) is 0 Å². The number of ether oxygens (including phenoxy) is 1. The maximum absolute atomic E-state index is 12.6. The predicted molar refractivity (Wildman–Crippen MR) is 79.0 cm³/mol. The first-order chi connectivity index (χ1) is 10.0. The summed E-state index contributed by atoms with van der Waals surface area (Å²) in [6.07, 6.45) is 5.20. The van der Waals surface area contributed by atoms with Gasteiger partial charge in [-0.3, -0.25) is 4.68 Å². The number of aryl methyl sites for hydroxylation is 2. The van der Waals surface area contributed by atoms with Gasteiger partial charge in [0.25, 0.3) is 0 Å². The van der Waals surface area contributed by atoms with Crippen LogP contribution in [0.1, 0.15) is 44.0 Å². The number of amides is 2. The zero-order valence-corrected chi connectivity index (χ0v) is 13.0. The Balaban J connectivity index is 1.70. The monoisotopic (exact) mass is 292 g/mol. The average molecular weight is 292 g/mol. The van der Waals surface area contributed by atoms with Gasteiger partial charge in [-0.1, -0.05) is 0 Å². The fourth-order valence-corrected chi connectivity index (χ4v) is 3.24. The van der Waals surface area contributed by atoms with E-state index in [2.05, 4.69) is 10.4 Å². The van der Waals surface area contributed by atoms with E-state index in [1.807, 2.05) is 36.7 Å². The first-order valence-corrected chi connectivity index (χ1v) is 7.75. The van der Waals surface area contributed by atoms with Crippen LogP contribution in [-0.2, 0) is 18.2 Å². The Kier molecular flexibility index (Phi) is 3.89. The van der Waals surface area contributed by atoms with E-state index in [4.69, 9.17) is 4.74 Å². The maximum atomic E-state index is 12.6. The number of rotatable bonds is 1. The SMILES string of the molecule is CC1CN(C(=O)NC2CCCc3nn(C)cc32)C(C)CO1. The van der Waals surface area contributed by atoms with Gasteiger partial charge in [0, 0.05) is 25.4 Å². The topological polar surface area (TPSA) is 59.4 Å². The highest BCUT2D eigenvalue weighted by molar-refractivity contribution is 5.75. The standard InChI is InChI=1S/C15H24N4O2/c1-10-9-21-11(2)7-19(10)15(20)16-13-5-4-6-14-12(13)8-18(3)17-14/h8,10-11,13H,4-7,9H2,1-3H3,(H,16,20). The van der Waals surface area contributed by atoms with Gasteiger partial charge in [0.05, 0.1) is 30.5 Å². The van der Waals surface area contributed by atoms with Crippen LogP contribution < -0.4 is 5.32 Å². The first-order valence-electron chi connectivity index (χ1n) is 7.75. The molecule has 2 heterocycles. The zero-order valence-electron chi connectivity index (χ0n) is 13.0. The quantitative estimate of drug-likeness (QED) is 0.855. The minimum Gasteiger partial charge on any atom is -0.375 e. The summed E-state index contributed by atoms with van der Waals surface area (Å²) in [5, 5.41) is 7.67. The van der Waals surface area contributed by atoms with Crippen LogP contribution in [0.2, 0.25) is 0 Å². The highest BCUT2D eigenvalue weighted by Gasteiger charge is 2.31. The molecule has 116 valence electrons. The average Bonchev–Trinajstić information content (AvgIpc) is 2.83. The fraction of sp³-hybridized carbons (Fsp3) is 0.733. The van der Waals surface area contributed by atoms with Gasteiger partial charge in [-0.15, -0.1) is 0 Å². The van der Waals surface area contributed by atoms with Gasteiger partial charge in [-0.2, -0.15) is 5.10 Å². The van der Waals surface area contributed by atoms with Crippen molar-refractivity contribution in [2.45, 2.75) is 51.3 Å². The minimum absolute atomic E-state index is 0.0133. The van der Waals surface area contributed by atoms with Crippen molar-refractivity contribution < 1.29 is 9.53 Å². The molecule has 0 saturated carbocycles. The van der Waals surface area contributed by atoms with Gasteiger partial charge in [-0.25, -0.2) is 4.79 Å². The summed E-state index contributed by atoms with van der Waals surface area (Å²) in [6.45, 7) is 5.30. The van der Waals surface area contributed by atoms with Crippen LogP contribution in [0.3, 0.4) is 0 Å². The Morgan fingerprint density at radius 1 is 1.48 bits per heavy atom. The minimum atomic E-state index is 0.0133. The summed E-state index contributed by atoms with van der Waals surface area (Å²) >= 11 is 0. The molecule has 0 aromatic carbocycles. The largest absolute Gasteiger partial charge is 0.375 e. The number of carbonyl (C=O) groups excluding carboxylic acids is 1. The lowest BCUT2D eigenvalue weighted by atomic mass is 9.93. The van der Waals surface area contributed by atoms with E-state index in [0.29, 0.717) is 13.2 Å². The van der Waals surface area contributed by atoms with Crippen molar-refractivity contribution in [1.82, 2.24) is 20.0 Å². The van der Waals surface area contributed by atoms with Crippen molar-refractivity contribution in [2.75, 3.05) is 13.2 Å². The van der Waals surface area contributed by atoms with E-state index >= 15 is 0 Å². The van der Waals surface area contributed by atoms with Crippen LogP contribution in [0.5, 0.6) is 0 Å². The lowest BCUT2D eigenvalue weighted by Gasteiger charge is -2.38. The normalized spacial score (nSPS) is 29.1. The summed E-state index contributed by atoms with van der Waals surface area (Å²) in [5.74, 6) is 0. The van der Waals surface area contributed by atoms with Crippen molar-refractivity contribution in [3.05, 3.63) is 17.5 Å². The number of carbonyl (C=O) groups is 1. The summed E-state index contributed by atoms with van der Waals surface area (Å²) in [6, 6.07) is 0.220. The van der Waals surface area contributed by atoms with Crippen LogP contribution in [0, 0.1) is 0 Å². The molecule has 6 heteroatoms. The fourth-order valence-electron chi connectivity index (χ4n) is 3.24. The molecule has 3 unspecified atom stereocenters. The molecule has 1 aliphatic heterocycles.